The van der Waals surface area contributed by atoms with Crippen LogP contribution in [0, 0.1) is 0 Å². The van der Waals surface area contributed by atoms with Gasteiger partial charge in [0.05, 0.1) is 11.9 Å². The fraction of sp³-hybridized carbons (Fsp3) is 0.500. The molecule has 2 amide bonds. The fourth-order valence-electron chi connectivity index (χ4n) is 1.98. The standard InChI is InChI=1S/C10H14N4O3/c1-13-6-7(5-11-13)12-9(15)8-3-2-4-14(8)10(16)17/h5-6,8H,2-4H2,1H3,(H,12,15)(H,16,17)/t8-/m1/s1. The Morgan fingerprint density at radius 3 is 2.94 bits per heavy atom. The predicted octanol–water partition coefficient (Wildman–Crippen LogP) is 0.501. The van der Waals surface area contributed by atoms with E-state index in [9.17, 15) is 9.59 Å². The highest BCUT2D eigenvalue weighted by Crippen LogP contribution is 2.18. The summed E-state index contributed by atoms with van der Waals surface area (Å²) < 4.78 is 1.57. The van der Waals surface area contributed by atoms with Gasteiger partial charge in [-0.3, -0.25) is 14.4 Å². The number of hydrogen-bond acceptors (Lipinski definition) is 3. The van der Waals surface area contributed by atoms with Gasteiger partial charge in [-0.05, 0) is 12.8 Å². The Labute approximate surface area is 98.0 Å². The lowest BCUT2D eigenvalue weighted by Crippen LogP contribution is -2.42. The number of carbonyl (C=O) groups is 2. The van der Waals surface area contributed by atoms with Crippen LogP contribution < -0.4 is 5.32 Å². The van der Waals surface area contributed by atoms with E-state index in [1.165, 1.54) is 11.1 Å². The zero-order chi connectivity index (χ0) is 12.4. The number of nitrogens with one attached hydrogen (secondary N) is 1. The summed E-state index contributed by atoms with van der Waals surface area (Å²) in [5, 5.41) is 15.5. The van der Waals surface area contributed by atoms with Crippen molar-refractivity contribution < 1.29 is 14.7 Å². The smallest absolute Gasteiger partial charge is 0.407 e. The molecular weight excluding hydrogens is 224 g/mol. The molecule has 1 aliphatic rings. The minimum atomic E-state index is -1.05. The van der Waals surface area contributed by atoms with Crippen LogP contribution in [0.4, 0.5) is 10.5 Å². The summed E-state index contributed by atoms with van der Waals surface area (Å²) in [7, 11) is 1.74. The van der Waals surface area contributed by atoms with Crippen molar-refractivity contribution in [1.82, 2.24) is 14.7 Å². The summed E-state index contributed by atoms with van der Waals surface area (Å²) >= 11 is 0. The maximum Gasteiger partial charge on any atom is 0.407 e. The molecule has 0 radical (unpaired) electrons. The molecule has 0 bridgehead atoms. The largest absolute Gasteiger partial charge is 0.465 e. The molecule has 1 aromatic rings. The zero-order valence-electron chi connectivity index (χ0n) is 9.46. The molecule has 0 aliphatic carbocycles. The molecule has 1 aromatic heterocycles. The number of anilines is 1. The molecule has 2 N–H and O–H groups in total. The molecule has 0 aromatic carbocycles. The van der Waals surface area contributed by atoms with Gasteiger partial charge in [0.25, 0.3) is 0 Å². The molecule has 7 heteroatoms. The van der Waals surface area contributed by atoms with Crippen LogP contribution in [0.2, 0.25) is 0 Å². The van der Waals surface area contributed by atoms with Crippen LogP contribution in [0.15, 0.2) is 12.4 Å². The number of hydrogen-bond donors (Lipinski definition) is 2. The van der Waals surface area contributed by atoms with Gasteiger partial charge in [0.2, 0.25) is 5.91 Å². The van der Waals surface area contributed by atoms with Gasteiger partial charge in [-0.25, -0.2) is 4.79 Å². The average molecular weight is 238 g/mol. The molecular formula is C10H14N4O3. The molecule has 2 heterocycles. The van der Waals surface area contributed by atoms with E-state index in [0.29, 0.717) is 18.7 Å². The number of aromatic nitrogens is 2. The number of carbonyl (C=O) groups excluding carboxylic acids is 1. The topological polar surface area (TPSA) is 87.5 Å². The van der Waals surface area contributed by atoms with Crippen LogP contribution in [0.1, 0.15) is 12.8 Å². The van der Waals surface area contributed by atoms with Gasteiger partial charge in [0.15, 0.2) is 0 Å². The van der Waals surface area contributed by atoms with E-state index in [1.54, 1.807) is 17.9 Å². The lowest BCUT2D eigenvalue weighted by molar-refractivity contribution is -0.119. The van der Waals surface area contributed by atoms with E-state index in [0.717, 1.165) is 6.42 Å². The van der Waals surface area contributed by atoms with Gasteiger partial charge in [-0.15, -0.1) is 0 Å². The van der Waals surface area contributed by atoms with E-state index in [-0.39, 0.29) is 5.91 Å². The second-order valence-corrected chi connectivity index (χ2v) is 4.03. The molecule has 7 nitrogen and oxygen atoms in total. The summed E-state index contributed by atoms with van der Waals surface area (Å²) in [6.07, 6.45) is 3.43. The van der Waals surface area contributed by atoms with Crippen LogP contribution in [0.25, 0.3) is 0 Å². The third-order valence-electron chi connectivity index (χ3n) is 2.77. The highest BCUT2D eigenvalue weighted by Gasteiger charge is 2.34. The molecule has 1 saturated heterocycles. The molecule has 1 atom stereocenters. The Bertz CT molecular complexity index is 443. The fourth-order valence-corrected chi connectivity index (χ4v) is 1.98. The SMILES string of the molecule is Cn1cc(NC(=O)[C@H]2CCCN2C(=O)O)cn1. The van der Waals surface area contributed by atoms with Crippen molar-refractivity contribution >= 4 is 17.7 Å². The number of rotatable bonds is 2. The van der Waals surface area contributed by atoms with Crippen molar-refractivity contribution in [2.45, 2.75) is 18.9 Å². The van der Waals surface area contributed by atoms with Crippen LogP contribution in [-0.4, -0.2) is 44.4 Å². The highest BCUT2D eigenvalue weighted by atomic mass is 16.4. The molecule has 1 fully saturated rings. The van der Waals surface area contributed by atoms with Crippen LogP contribution in [0.3, 0.4) is 0 Å². The van der Waals surface area contributed by atoms with E-state index in [1.807, 2.05) is 0 Å². The Balaban J connectivity index is 2.02. The minimum absolute atomic E-state index is 0.294. The zero-order valence-corrected chi connectivity index (χ0v) is 9.46. The van der Waals surface area contributed by atoms with Crippen LogP contribution in [0.5, 0.6) is 0 Å². The maximum absolute atomic E-state index is 11.9. The molecule has 92 valence electrons. The number of aryl methyl sites for hydroxylation is 1. The molecule has 0 spiro atoms. The summed E-state index contributed by atoms with van der Waals surface area (Å²) in [5.74, 6) is -0.294. The van der Waals surface area contributed by atoms with Gasteiger partial charge in [-0.1, -0.05) is 0 Å². The lowest BCUT2D eigenvalue weighted by atomic mass is 10.2. The number of carboxylic acid groups (broad SMARTS) is 1. The van der Waals surface area contributed by atoms with Gasteiger partial charge in [0, 0.05) is 19.8 Å². The van der Waals surface area contributed by atoms with Crippen molar-refractivity contribution in [3.8, 4) is 0 Å². The van der Waals surface area contributed by atoms with Crippen molar-refractivity contribution in [2.75, 3.05) is 11.9 Å². The normalized spacial score (nSPS) is 19.4. The van der Waals surface area contributed by atoms with Gasteiger partial charge in [-0.2, -0.15) is 5.10 Å². The second-order valence-electron chi connectivity index (χ2n) is 4.03. The summed E-state index contributed by atoms with van der Waals surface area (Å²) in [6, 6.07) is -0.590. The second kappa shape index (κ2) is 4.44. The monoisotopic (exact) mass is 238 g/mol. The van der Waals surface area contributed by atoms with Gasteiger partial charge >= 0.3 is 6.09 Å². The number of likely N-dealkylation sites (tertiary alicyclic amines) is 1. The lowest BCUT2D eigenvalue weighted by Gasteiger charge is -2.20. The first kappa shape index (κ1) is 11.4. The highest BCUT2D eigenvalue weighted by molar-refractivity contribution is 5.96. The molecule has 0 saturated carbocycles. The Morgan fingerprint density at radius 2 is 2.35 bits per heavy atom. The molecule has 1 aliphatic heterocycles. The molecule has 2 rings (SSSR count). The average Bonchev–Trinajstić information content (AvgIpc) is 2.86. The molecule has 0 unspecified atom stereocenters. The quantitative estimate of drug-likeness (QED) is 0.785. The van der Waals surface area contributed by atoms with Crippen molar-refractivity contribution in [3.63, 3.8) is 0 Å². The predicted molar refractivity (Wildman–Crippen MR) is 59.6 cm³/mol. The summed E-state index contributed by atoms with van der Waals surface area (Å²) in [6.45, 7) is 0.417. The van der Waals surface area contributed by atoms with Gasteiger partial charge in [0.1, 0.15) is 6.04 Å². The van der Waals surface area contributed by atoms with E-state index >= 15 is 0 Å². The third-order valence-corrected chi connectivity index (χ3v) is 2.77. The minimum Gasteiger partial charge on any atom is -0.465 e. The number of amides is 2. The first-order valence-electron chi connectivity index (χ1n) is 5.37. The van der Waals surface area contributed by atoms with E-state index < -0.39 is 12.1 Å². The third kappa shape index (κ3) is 2.38. The Morgan fingerprint density at radius 1 is 1.59 bits per heavy atom. The first-order valence-corrected chi connectivity index (χ1v) is 5.37. The maximum atomic E-state index is 11.9. The molecule has 17 heavy (non-hydrogen) atoms. The van der Waals surface area contributed by atoms with E-state index in [2.05, 4.69) is 10.4 Å². The summed E-state index contributed by atoms with van der Waals surface area (Å²) in [5.41, 5.74) is 0.578. The number of nitrogens with zero attached hydrogens (tertiary/aromatic N) is 3. The Hall–Kier alpha value is -2.05. The van der Waals surface area contributed by atoms with Crippen LogP contribution >= 0.6 is 0 Å². The van der Waals surface area contributed by atoms with E-state index in [4.69, 9.17) is 5.11 Å². The Kier molecular flexibility index (Phi) is 2.99. The van der Waals surface area contributed by atoms with Crippen molar-refractivity contribution in [1.29, 1.82) is 0 Å². The van der Waals surface area contributed by atoms with Crippen molar-refractivity contribution in [2.24, 2.45) is 7.05 Å². The first-order chi connectivity index (χ1) is 8.08. The van der Waals surface area contributed by atoms with Crippen molar-refractivity contribution in [3.05, 3.63) is 12.4 Å². The summed E-state index contributed by atoms with van der Waals surface area (Å²) in [4.78, 5) is 24.0. The van der Waals surface area contributed by atoms with Crippen LogP contribution in [-0.2, 0) is 11.8 Å². The van der Waals surface area contributed by atoms with Gasteiger partial charge < -0.3 is 10.4 Å².